The van der Waals surface area contributed by atoms with Crippen LogP contribution in [0.4, 0.5) is 5.95 Å². The summed E-state index contributed by atoms with van der Waals surface area (Å²) >= 11 is 7.46. The molecule has 0 radical (unpaired) electrons. The number of nitrogens with one attached hydrogen (secondary N) is 2. The van der Waals surface area contributed by atoms with Crippen molar-refractivity contribution in [2.45, 2.75) is 17.8 Å². The van der Waals surface area contributed by atoms with Crippen molar-refractivity contribution in [3.05, 3.63) is 82.9 Å². The molecule has 0 aliphatic carbocycles. The molecule has 0 unspecified atom stereocenters. The molecule has 0 saturated carbocycles. The Bertz CT molecular complexity index is 1120. The number of aromatic amines is 1. The van der Waals surface area contributed by atoms with Crippen molar-refractivity contribution >= 4 is 45.8 Å². The number of rotatable bonds is 6. The smallest absolute Gasteiger partial charge is 0.240 e. The molecule has 0 aliphatic rings. The summed E-state index contributed by atoms with van der Waals surface area (Å²) in [6.45, 7) is 1.96. The highest BCUT2D eigenvalue weighted by Crippen LogP contribution is 2.21. The first-order valence-electron chi connectivity index (χ1n) is 8.76. The van der Waals surface area contributed by atoms with Gasteiger partial charge in [-0.05, 0) is 47.0 Å². The van der Waals surface area contributed by atoms with Crippen LogP contribution in [0.25, 0.3) is 10.8 Å². The van der Waals surface area contributed by atoms with Crippen LogP contribution in [-0.4, -0.2) is 20.9 Å². The second-order valence-electron chi connectivity index (χ2n) is 6.25. The van der Waals surface area contributed by atoms with Crippen molar-refractivity contribution in [1.82, 2.24) is 15.2 Å². The number of fused-ring (bicyclic) bond motifs is 1. The van der Waals surface area contributed by atoms with Gasteiger partial charge in [0.15, 0.2) is 0 Å². The van der Waals surface area contributed by atoms with Crippen molar-refractivity contribution in [3.63, 3.8) is 0 Å². The van der Waals surface area contributed by atoms with Gasteiger partial charge in [0.05, 0.1) is 5.71 Å². The van der Waals surface area contributed by atoms with Gasteiger partial charge in [-0.3, -0.25) is 0 Å². The van der Waals surface area contributed by atoms with Crippen molar-refractivity contribution in [2.24, 2.45) is 5.10 Å². The maximum absolute atomic E-state index is 5.91. The van der Waals surface area contributed by atoms with Gasteiger partial charge in [-0.2, -0.15) is 10.1 Å². The van der Waals surface area contributed by atoms with Crippen LogP contribution >= 0.6 is 23.4 Å². The molecular weight excluding hydrogens is 390 g/mol. The Kier molecular flexibility index (Phi) is 5.60. The van der Waals surface area contributed by atoms with E-state index in [0.717, 1.165) is 22.1 Å². The molecular formula is C21H18ClN5S. The standard InChI is InChI=1S/C21H18ClN5S/c1-14(17-9-8-16-4-2-3-5-18(16)12-17)24-25-20-23-21(27-26-20)28-13-15-6-10-19(22)11-7-15/h2-12H,13H2,1H3,(H2,23,25,26,27)/b24-14+. The normalized spacial score (nSPS) is 11.7. The first-order chi connectivity index (χ1) is 13.7. The first kappa shape index (κ1) is 18.5. The molecule has 4 rings (SSSR count). The average Bonchev–Trinajstić information content (AvgIpc) is 3.19. The summed E-state index contributed by atoms with van der Waals surface area (Å²) in [6.07, 6.45) is 0. The summed E-state index contributed by atoms with van der Waals surface area (Å²) in [7, 11) is 0. The van der Waals surface area contributed by atoms with Gasteiger partial charge in [-0.15, -0.1) is 5.10 Å². The van der Waals surface area contributed by atoms with Gasteiger partial charge in [0.2, 0.25) is 11.1 Å². The van der Waals surface area contributed by atoms with Crippen molar-refractivity contribution in [2.75, 3.05) is 5.43 Å². The quantitative estimate of drug-likeness (QED) is 0.243. The summed E-state index contributed by atoms with van der Waals surface area (Å²) in [5.41, 5.74) is 6.04. The topological polar surface area (TPSA) is 66.0 Å². The number of aromatic nitrogens is 3. The number of halogens is 1. The van der Waals surface area contributed by atoms with E-state index in [1.165, 1.54) is 16.3 Å². The Morgan fingerprint density at radius 2 is 1.86 bits per heavy atom. The Balaban J connectivity index is 1.39. The molecule has 3 aromatic carbocycles. The second kappa shape index (κ2) is 8.46. The van der Waals surface area contributed by atoms with E-state index in [4.69, 9.17) is 11.6 Å². The highest BCUT2D eigenvalue weighted by Gasteiger charge is 2.05. The van der Waals surface area contributed by atoms with E-state index in [-0.39, 0.29) is 0 Å². The zero-order valence-corrected chi connectivity index (χ0v) is 16.8. The SMILES string of the molecule is C/C(=N\Nc1nc(SCc2ccc(Cl)cc2)n[nH]1)c1ccc2ccccc2c1. The molecule has 0 bridgehead atoms. The summed E-state index contributed by atoms with van der Waals surface area (Å²) in [6, 6.07) is 22.3. The molecule has 2 N–H and O–H groups in total. The van der Waals surface area contributed by atoms with Crippen molar-refractivity contribution in [3.8, 4) is 0 Å². The molecule has 4 aromatic rings. The first-order valence-corrected chi connectivity index (χ1v) is 10.1. The van der Waals surface area contributed by atoms with E-state index in [2.05, 4.69) is 56.0 Å². The lowest BCUT2D eigenvalue weighted by Gasteiger charge is -2.03. The summed E-state index contributed by atoms with van der Waals surface area (Å²) in [5, 5.41) is 15.3. The lowest BCUT2D eigenvalue weighted by molar-refractivity contribution is 0.972. The van der Waals surface area contributed by atoms with Crippen molar-refractivity contribution in [1.29, 1.82) is 0 Å². The Morgan fingerprint density at radius 1 is 1.07 bits per heavy atom. The number of hydrogen-bond donors (Lipinski definition) is 2. The van der Waals surface area contributed by atoms with E-state index in [1.807, 2.05) is 43.3 Å². The van der Waals surface area contributed by atoms with E-state index >= 15 is 0 Å². The maximum atomic E-state index is 5.91. The fourth-order valence-electron chi connectivity index (χ4n) is 2.71. The number of hydrogen-bond acceptors (Lipinski definition) is 5. The maximum Gasteiger partial charge on any atom is 0.240 e. The van der Waals surface area contributed by atoms with Crippen LogP contribution in [0, 0.1) is 0 Å². The van der Waals surface area contributed by atoms with Gasteiger partial charge in [0.25, 0.3) is 0 Å². The van der Waals surface area contributed by atoms with E-state index in [9.17, 15) is 0 Å². The monoisotopic (exact) mass is 407 g/mol. The Labute approximate surface area is 172 Å². The van der Waals surface area contributed by atoms with Crippen LogP contribution in [0.3, 0.4) is 0 Å². The van der Waals surface area contributed by atoms with Gasteiger partial charge in [0, 0.05) is 10.8 Å². The minimum atomic E-state index is 0.513. The summed E-state index contributed by atoms with van der Waals surface area (Å²) in [5.74, 6) is 1.28. The van der Waals surface area contributed by atoms with E-state index in [1.54, 1.807) is 11.8 Å². The number of hydrazone groups is 1. The molecule has 140 valence electrons. The molecule has 0 saturated heterocycles. The van der Waals surface area contributed by atoms with Gasteiger partial charge in [-0.25, -0.2) is 10.5 Å². The molecule has 0 atom stereocenters. The number of H-pyrrole nitrogens is 1. The highest BCUT2D eigenvalue weighted by atomic mass is 35.5. The van der Waals surface area contributed by atoms with Crippen LogP contribution in [-0.2, 0) is 5.75 Å². The minimum Gasteiger partial charge on any atom is -0.245 e. The molecule has 1 aromatic heterocycles. The molecule has 1 heterocycles. The number of thioether (sulfide) groups is 1. The van der Waals surface area contributed by atoms with Crippen LogP contribution in [0.15, 0.2) is 77.0 Å². The van der Waals surface area contributed by atoms with Gasteiger partial charge >= 0.3 is 0 Å². The molecule has 7 heteroatoms. The Hall–Kier alpha value is -2.83. The van der Waals surface area contributed by atoms with Gasteiger partial charge in [-0.1, -0.05) is 71.9 Å². The molecule has 0 amide bonds. The van der Waals surface area contributed by atoms with Gasteiger partial charge in [0.1, 0.15) is 0 Å². The predicted octanol–water partition coefficient (Wildman–Crippen LogP) is 5.74. The largest absolute Gasteiger partial charge is 0.245 e. The third-order valence-electron chi connectivity index (χ3n) is 4.24. The number of benzene rings is 3. The third kappa shape index (κ3) is 4.52. The zero-order chi connectivity index (χ0) is 19.3. The molecule has 5 nitrogen and oxygen atoms in total. The summed E-state index contributed by atoms with van der Waals surface area (Å²) < 4.78 is 0. The fourth-order valence-corrected chi connectivity index (χ4v) is 3.59. The van der Waals surface area contributed by atoms with Crippen LogP contribution in [0.5, 0.6) is 0 Å². The second-order valence-corrected chi connectivity index (χ2v) is 7.63. The Morgan fingerprint density at radius 3 is 2.68 bits per heavy atom. The molecule has 0 fully saturated rings. The van der Waals surface area contributed by atoms with Crippen molar-refractivity contribution < 1.29 is 0 Å². The minimum absolute atomic E-state index is 0.513. The van der Waals surface area contributed by atoms with Gasteiger partial charge < -0.3 is 0 Å². The lowest BCUT2D eigenvalue weighted by Crippen LogP contribution is -2.00. The van der Waals surface area contributed by atoms with Crippen LogP contribution < -0.4 is 5.43 Å². The number of nitrogens with zero attached hydrogens (tertiary/aromatic N) is 3. The van der Waals surface area contributed by atoms with Crippen LogP contribution in [0.2, 0.25) is 5.02 Å². The zero-order valence-electron chi connectivity index (χ0n) is 15.2. The van der Waals surface area contributed by atoms with E-state index < -0.39 is 0 Å². The van der Waals surface area contributed by atoms with Crippen LogP contribution in [0.1, 0.15) is 18.1 Å². The summed E-state index contributed by atoms with van der Waals surface area (Å²) in [4.78, 5) is 4.41. The fraction of sp³-hybridized carbons (Fsp3) is 0.0952. The predicted molar refractivity (Wildman–Crippen MR) is 117 cm³/mol. The lowest BCUT2D eigenvalue weighted by atomic mass is 10.0. The molecule has 0 spiro atoms. The third-order valence-corrected chi connectivity index (χ3v) is 5.41. The molecule has 0 aliphatic heterocycles. The average molecular weight is 408 g/mol. The molecule has 28 heavy (non-hydrogen) atoms. The van der Waals surface area contributed by atoms with E-state index in [0.29, 0.717) is 11.1 Å². The number of anilines is 1. The highest BCUT2D eigenvalue weighted by molar-refractivity contribution is 7.98.